The summed E-state index contributed by atoms with van der Waals surface area (Å²) in [6.07, 6.45) is 1.38. The lowest BCUT2D eigenvalue weighted by atomic mass is 9.83. The van der Waals surface area contributed by atoms with Crippen molar-refractivity contribution in [1.82, 2.24) is 10.3 Å². The first-order valence-electron chi connectivity index (χ1n) is 22.2. The molecule has 0 radical (unpaired) electrons. The number of aliphatic hydroxyl groups is 1. The molecule has 0 saturated carbocycles. The Hall–Kier alpha value is -6.20. The van der Waals surface area contributed by atoms with E-state index in [1.54, 1.807) is 24.3 Å². The van der Waals surface area contributed by atoms with Gasteiger partial charge in [-0.3, -0.25) is 4.79 Å². The SMILES string of the molecule is CC(C)(C)c1ccc(C(Cc2ccc(C(=O)CO)cc2)c2cc(-c3ccc(Br)cc3)on2)cc1.CC(C)(C)c1ccc(C(Cc2ccc(C(=O)O)cc2)c2cc(-c3ccc(Br)cc3)on2)cc1. The Balaban J connectivity index is 0.000000199. The Morgan fingerprint density at radius 2 is 0.881 bits per heavy atom. The predicted molar refractivity (Wildman–Crippen MR) is 272 cm³/mol. The summed E-state index contributed by atoms with van der Waals surface area (Å²) in [4.78, 5) is 23.0. The number of carbonyl (C=O) groups excluding carboxylic acids is 1. The smallest absolute Gasteiger partial charge is 0.335 e. The highest BCUT2D eigenvalue weighted by Gasteiger charge is 2.24. The highest BCUT2D eigenvalue weighted by atomic mass is 79.9. The van der Waals surface area contributed by atoms with Gasteiger partial charge in [0.25, 0.3) is 0 Å². The maximum Gasteiger partial charge on any atom is 0.335 e. The lowest BCUT2D eigenvalue weighted by molar-refractivity contribution is 0.0696. The molecule has 8 aromatic rings. The first-order chi connectivity index (χ1) is 31.9. The van der Waals surface area contributed by atoms with Crippen LogP contribution in [0.5, 0.6) is 0 Å². The number of rotatable bonds is 13. The standard InChI is InChI=1S/C29H28BrNO3.C28H26BrNO3/c1-29(2,3)23-12-8-20(9-13-23)25(16-19-4-6-21(7-5-19)27(33)18-32)26-17-28(34-31-26)22-10-14-24(30)15-11-22;1-28(2,3)22-12-8-19(9-13-22)24(16-18-4-6-21(7-5-18)27(31)32)25-17-26(33-30-25)20-10-14-23(29)15-11-20/h4-15,17,25,32H,16,18H2,1-3H3;4-15,17,24H,16H2,1-3H3,(H,31,32). The fraction of sp³-hybridized carbons (Fsp3) is 0.228. The van der Waals surface area contributed by atoms with Crippen molar-refractivity contribution in [2.75, 3.05) is 6.61 Å². The lowest BCUT2D eigenvalue weighted by Gasteiger charge is -2.21. The van der Waals surface area contributed by atoms with E-state index in [0.717, 1.165) is 65.2 Å². The quantitative estimate of drug-likeness (QED) is 0.109. The third-order valence-electron chi connectivity index (χ3n) is 11.9. The Morgan fingerprint density at radius 3 is 1.21 bits per heavy atom. The molecule has 0 fully saturated rings. The van der Waals surface area contributed by atoms with E-state index in [1.165, 1.54) is 11.1 Å². The number of carbonyl (C=O) groups is 2. The van der Waals surface area contributed by atoms with E-state index in [0.29, 0.717) is 18.4 Å². The summed E-state index contributed by atoms with van der Waals surface area (Å²) in [7, 11) is 0. The summed E-state index contributed by atoms with van der Waals surface area (Å²) < 4.78 is 13.5. The van der Waals surface area contributed by atoms with Crippen LogP contribution in [0.15, 0.2) is 176 Å². The van der Waals surface area contributed by atoms with Gasteiger partial charge in [-0.25, -0.2) is 4.79 Å². The highest BCUT2D eigenvalue weighted by molar-refractivity contribution is 9.10. The molecule has 2 heterocycles. The van der Waals surface area contributed by atoms with E-state index in [9.17, 15) is 14.7 Å². The molecule has 0 bridgehead atoms. The first-order valence-corrected chi connectivity index (χ1v) is 23.7. The molecule has 2 aromatic heterocycles. The van der Waals surface area contributed by atoms with Gasteiger partial charge in [-0.15, -0.1) is 0 Å². The van der Waals surface area contributed by atoms with Crippen LogP contribution in [0.1, 0.15) is 119 Å². The minimum atomic E-state index is -0.925. The maximum atomic E-state index is 11.8. The van der Waals surface area contributed by atoms with Gasteiger partial charge < -0.3 is 19.3 Å². The zero-order valence-corrected chi connectivity index (χ0v) is 41.6. The van der Waals surface area contributed by atoms with E-state index in [-0.39, 0.29) is 34.0 Å². The van der Waals surface area contributed by atoms with Crippen molar-refractivity contribution < 1.29 is 28.8 Å². The van der Waals surface area contributed by atoms with Crippen LogP contribution in [0.3, 0.4) is 0 Å². The van der Waals surface area contributed by atoms with Crippen molar-refractivity contribution in [3.8, 4) is 22.6 Å². The van der Waals surface area contributed by atoms with Gasteiger partial charge in [-0.1, -0.05) is 193 Å². The van der Waals surface area contributed by atoms with E-state index in [4.69, 9.17) is 14.2 Å². The number of Topliss-reactive ketones (excluding diaryl/α,β-unsaturated/α-hetero) is 1. The number of hydrogen-bond donors (Lipinski definition) is 2. The molecule has 2 unspecified atom stereocenters. The number of benzene rings is 6. The number of ketones is 1. The second-order valence-electron chi connectivity index (χ2n) is 18.8. The van der Waals surface area contributed by atoms with Gasteiger partial charge >= 0.3 is 5.97 Å². The fourth-order valence-corrected chi connectivity index (χ4v) is 8.33. The normalized spacial score (nSPS) is 12.5. The van der Waals surface area contributed by atoms with Crippen LogP contribution in [-0.2, 0) is 23.7 Å². The van der Waals surface area contributed by atoms with E-state index in [1.807, 2.05) is 84.9 Å². The third kappa shape index (κ3) is 12.6. The summed E-state index contributed by atoms with van der Waals surface area (Å²) >= 11 is 6.94. The van der Waals surface area contributed by atoms with Crippen molar-refractivity contribution >= 4 is 43.6 Å². The van der Waals surface area contributed by atoms with Gasteiger partial charge in [0.1, 0.15) is 6.61 Å². The van der Waals surface area contributed by atoms with Crippen molar-refractivity contribution in [3.05, 3.63) is 223 Å². The molecule has 0 aliphatic rings. The molecule has 0 aliphatic carbocycles. The van der Waals surface area contributed by atoms with E-state index >= 15 is 0 Å². The number of hydrogen-bond acceptors (Lipinski definition) is 7. The molecule has 10 heteroatoms. The molecule has 0 aliphatic heterocycles. The van der Waals surface area contributed by atoms with Gasteiger partial charge in [-0.05, 0) is 93.5 Å². The molecule has 0 saturated heterocycles. The van der Waals surface area contributed by atoms with Gasteiger partial charge in [0, 0.05) is 49.6 Å². The van der Waals surface area contributed by atoms with Crippen molar-refractivity contribution in [1.29, 1.82) is 0 Å². The topological polar surface area (TPSA) is 127 Å². The molecular formula is C57H54Br2N2O6. The second-order valence-corrected chi connectivity index (χ2v) is 20.6. The van der Waals surface area contributed by atoms with Crippen LogP contribution in [0, 0.1) is 0 Å². The Kier molecular flexibility index (Phi) is 15.4. The molecule has 8 rings (SSSR count). The molecule has 0 amide bonds. The Bertz CT molecular complexity index is 2890. The number of halogens is 2. The van der Waals surface area contributed by atoms with Crippen LogP contribution >= 0.6 is 31.9 Å². The average molecular weight is 1020 g/mol. The molecule has 2 atom stereocenters. The summed E-state index contributed by atoms with van der Waals surface area (Å²) in [5, 5.41) is 27.2. The maximum absolute atomic E-state index is 11.8. The zero-order chi connectivity index (χ0) is 47.9. The minimum Gasteiger partial charge on any atom is -0.478 e. The first kappa shape index (κ1) is 48.7. The van der Waals surface area contributed by atoms with E-state index in [2.05, 4.69) is 132 Å². The second kappa shape index (κ2) is 21.2. The number of nitrogens with zero attached hydrogens (tertiary/aromatic N) is 2. The number of carboxylic acids is 1. The van der Waals surface area contributed by atoms with Crippen molar-refractivity contribution in [2.45, 2.75) is 77.0 Å². The fourth-order valence-electron chi connectivity index (χ4n) is 7.80. The summed E-state index contributed by atoms with van der Waals surface area (Å²) in [6, 6.07) is 51.7. The van der Waals surface area contributed by atoms with Gasteiger partial charge in [0.05, 0.1) is 17.0 Å². The van der Waals surface area contributed by atoms with Crippen LogP contribution < -0.4 is 0 Å². The molecular weight excluding hydrogens is 968 g/mol. The molecule has 8 nitrogen and oxygen atoms in total. The van der Waals surface area contributed by atoms with Crippen molar-refractivity contribution in [3.63, 3.8) is 0 Å². The van der Waals surface area contributed by atoms with E-state index < -0.39 is 12.6 Å². The molecule has 0 spiro atoms. The predicted octanol–water partition coefficient (Wildman–Crippen LogP) is 14.4. The molecule has 6 aromatic carbocycles. The Morgan fingerprint density at radius 1 is 0.522 bits per heavy atom. The zero-order valence-electron chi connectivity index (χ0n) is 38.5. The number of carboxylic acid groups (broad SMARTS) is 1. The number of aliphatic hydroxyl groups excluding tert-OH is 1. The number of aromatic nitrogens is 2. The van der Waals surface area contributed by atoms with Crippen LogP contribution in [0.25, 0.3) is 22.6 Å². The Labute approximate surface area is 409 Å². The third-order valence-corrected chi connectivity index (χ3v) is 12.9. The summed E-state index contributed by atoms with van der Waals surface area (Å²) in [5.74, 6) is 0.199. The van der Waals surface area contributed by atoms with Gasteiger partial charge in [0.2, 0.25) is 0 Å². The van der Waals surface area contributed by atoms with Crippen LogP contribution in [0.2, 0.25) is 0 Å². The van der Waals surface area contributed by atoms with Gasteiger partial charge in [-0.2, -0.15) is 0 Å². The molecule has 67 heavy (non-hydrogen) atoms. The monoisotopic (exact) mass is 1020 g/mol. The largest absolute Gasteiger partial charge is 0.478 e. The van der Waals surface area contributed by atoms with Crippen LogP contribution in [0.4, 0.5) is 0 Å². The number of aromatic carboxylic acids is 1. The van der Waals surface area contributed by atoms with Crippen LogP contribution in [-0.4, -0.2) is 38.9 Å². The summed E-state index contributed by atoms with van der Waals surface area (Å²) in [6.45, 7) is 12.7. The van der Waals surface area contributed by atoms with Crippen molar-refractivity contribution in [2.24, 2.45) is 0 Å². The summed E-state index contributed by atoms with van der Waals surface area (Å²) in [5.41, 5.74) is 11.5. The average Bonchev–Trinajstić information content (AvgIpc) is 4.02. The molecule has 2 N–H and O–H groups in total. The highest BCUT2D eigenvalue weighted by Crippen LogP contribution is 2.35. The lowest BCUT2D eigenvalue weighted by Crippen LogP contribution is -2.12. The molecule has 342 valence electrons. The minimum absolute atomic E-state index is 0.0126. The van der Waals surface area contributed by atoms with Gasteiger partial charge in [0.15, 0.2) is 17.3 Å².